The summed E-state index contributed by atoms with van der Waals surface area (Å²) < 4.78 is 21.5. The number of rotatable bonds is 8. The topological polar surface area (TPSA) is 104 Å². The van der Waals surface area contributed by atoms with Gasteiger partial charge in [-0.3, -0.25) is 23.6 Å². The molecule has 150 valence electrons. The van der Waals surface area contributed by atoms with Crippen LogP contribution in [-0.4, -0.2) is 28.3 Å². The number of nitrogens with zero attached hydrogens (tertiary/aromatic N) is 2. The summed E-state index contributed by atoms with van der Waals surface area (Å²) in [5, 5.41) is 2.65. The molecule has 0 spiro atoms. The van der Waals surface area contributed by atoms with E-state index in [0.717, 1.165) is 9.13 Å². The average Bonchev–Trinajstić information content (AvgIpc) is 2.66. The minimum atomic E-state index is -0.900. The van der Waals surface area contributed by atoms with E-state index >= 15 is 0 Å². The van der Waals surface area contributed by atoms with Crippen molar-refractivity contribution in [2.75, 3.05) is 18.5 Å². The van der Waals surface area contributed by atoms with Gasteiger partial charge in [0.05, 0.1) is 11.9 Å². The molecule has 0 aliphatic heterocycles. The lowest BCUT2D eigenvalue weighted by atomic mass is 10.2. The number of ether oxygens (including phenoxy) is 1. The Morgan fingerprint density at radius 2 is 2.00 bits per heavy atom. The maximum Gasteiger partial charge on any atom is 0.332 e. The molecule has 1 aromatic heterocycles. The normalized spacial score (nSPS) is 10.4. The minimum absolute atomic E-state index is 0.00164. The summed E-state index contributed by atoms with van der Waals surface area (Å²) in [5.74, 6) is -1.68. The Hall–Kier alpha value is -2.67. The molecule has 11 heteroatoms. The molecule has 1 aromatic carbocycles. The van der Waals surface area contributed by atoms with Gasteiger partial charge in [0.2, 0.25) is 0 Å². The molecule has 0 aliphatic rings. The predicted molar refractivity (Wildman–Crippen MR) is 109 cm³/mol. The molecule has 1 heterocycles. The Kier molecular flexibility index (Phi) is 7.34. The molecule has 0 radical (unpaired) electrons. The van der Waals surface area contributed by atoms with E-state index in [0.29, 0.717) is 3.57 Å². The van der Waals surface area contributed by atoms with Crippen LogP contribution < -0.4 is 22.0 Å². The lowest BCUT2D eigenvalue weighted by molar-refractivity contribution is 0.0143. The molecule has 2 aromatic rings. The fraction of sp³-hybridized carbons (Fsp3) is 0.235. The Morgan fingerprint density at radius 3 is 2.64 bits per heavy atom. The zero-order valence-electron chi connectivity index (χ0n) is 15.1. The number of carbonyl (C=O) groups excluding carboxylic acids is 1. The van der Waals surface area contributed by atoms with Crippen molar-refractivity contribution in [2.24, 2.45) is 14.1 Å². The first-order valence-electron chi connectivity index (χ1n) is 7.94. The molecule has 2 N–H and O–H groups in total. The molecule has 0 bridgehead atoms. The van der Waals surface area contributed by atoms with Gasteiger partial charge in [0.1, 0.15) is 30.4 Å². The van der Waals surface area contributed by atoms with Gasteiger partial charge in [0.25, 0.3) is 11.5 Å². The molecular weight excluding hydrogens is 486 g/mol. The summed E-state index contributed by atoms with van der Waals surface area (Å²) in [5.41, 5.74) is 0.148. The van der Waals surface area contributed by atoms with Crippen LogP contribution in [0.5, 0.6) is 0 Å². The lowest BCUT2D eigenvalue weighted by Gasteiger charge is -2.17. The van der Waals surface area contributed by atoms with Gasteiger partial charge in [0, 0.05) is 17.7 Å². The van der Waals surface area contributed by atoms with Crippen LogP contribution in [0.3, 0.4) is 0 Å². The molecule has 1 amide bonds. The number of nitrogens with one attached hydrogen (secondary N) is 2. The average molecular weight is 504 g/mol. The van der Waals surface area contributed by atoms with Crippen LogP contribution in [0.4, 0.5) is 15.9 Å². The number of hydrogen-bond donors (Lipinski definition) is 2. The number of carbonyl (C=O) groups is 1. The standard InChI is InChI=1S/C17H18FIN4O5/c1-4-27-7-8-28-21-15(24)13-14(22(2)17(26)23(3)16(13)25)20-12-6-5-10(19)9-11(12)18/h4-6,9,20H,1,7-8H2,2-3H3,(H,21,24). The van der Waals surface area contributed by atoms with Crippen molar-refractivity contribution in [3.05, 3.63) is 66.8 Å². The third kappa shape index (κ3) is 4.78. The highest BCUT2D eigenvalue weighted by molar-refractivity contribution is 14.1. The van der Waals surface area contributed by atoms with E-state index < -0.39 is 28.5 Å². The first-order chi connectivity index (χ1) is 13.3. The van der Waals surface area contributed by atoms with Crippen molar-refractivity contribution < 1.29 is 18.8 Å². The number of amides is 1. The monoisotopic (exact) mass is 504 g/mol. The van der Waals surface area contributed by atoms with Crippen molar-refractivity contribution >= 4 is 40.0 Å². The van der Waals surface area contributed by atoms with E-state index in [2.05, 4.69) is 17.4 Å². The molecule has 0 fully saturated rings. The minimum Gasteiger partial charge on any atom is -0.499 e. The smallest absolute Gasteiger partial charge is 0.332 e. The van der Waals surface area contributed by atoms with Crippen LogP contribution in [0.1, 0.15) is 10.4 Å². The Bertz CT molecular complexity index is 1020. The van der Waals surface area contributed by atoms with Crippen molar-refractivity contribution in [3.63, 3.8) is 0 Å². The number of hydrogen-bond acceptors (Lipinski definition) is 6. The van der Waals surface area contributed by atoms with E-state index in [-0.39, 0.29) is 24.7 Å². The van der Waals surface area contributed by atoms with Gasteiger partial charge in [-0.1, -0.05) is 6.58 Å². The van der Waals surface area contributed by atoms with Crippen LogP contribution in [-0.2, 0) is 23.7 Å². The third-order valence-electron chi connectivity index (χ3n) is 3.66. The summed E-state index contributed by atoms with van der Waals surface area (Å²) in [6, 6.07) is 4.34. The molecule has 0 aliphatic carbocycles. The van der Waals surface area contributed by atoms with E-state index in [9.17, 15) is 18.8 Å². The third-order valence-corrected chi connectivity index (χ3v) is 4.33. The summed E-state index contributed by atoms with van der Waals surface area (Å²) in [7, 11) is 2.58. The number of hydroxylamine groups is 1. The van der Waals surface area contributed by atoms with Gasteiger partial charge in [-0.25, -0.2) is 14.7 Å². The molecule has 0 atom stereocenters. The largest absolute Gasteiger partial charge is 0.499 e. The second kappa shape index (κ2) is 9.50. The van der Waals surface area contributed by atoms with Crippen LogP contribution in [0, 0.1) is 9.39 Å². The molecule has 0 saturated carbocycles. The Morgan fingerprint density at radius 1 is 1.29 bits per heavy atom. The number of halogens is 2. The molecule has 0 unspecified atom stereocenters. The highest BCUT2D eigenvalue weighted by atomic mass is 127. The molecule has 2 rings (SSSR count). The van der Waals surface area contributed by atoms with E-state index in [1.54, 1.807) is 6.07 Å². The maximum atomic E-state index is 14.2. The highest BCUT2D eigenvalue weighted by Gasteiger charge is 2.23. The quantitative estimate of drug-likeness (QED) is 0.244. The van der Waals surface area contributed by atoms with Gasteiger partial charge in [-0.2, -0.15) is 0 Å². The van der Waals surface area contributed by atoms with Crippen LogP contribution in [0.25, 0.3) is 0 Å². The van der Waals surface area contributed by atoms with Gasteiger partial charge >= 0.3 is 5.69 Å². The molecular formula is C17H18FIN4O5. The Labute approximate surface area is 172 Å². The Balaban J connectivity index is 2.43. The van der Waals surface area contributed by atoms with Crippen molar-refractivity contribution in [1.82, 2.24) is 14.6 Å². The zero-order chi connectivity index (χ0) is 20.8. The van der Waals surface area contributed by atoms with E-state index in [4.69, 9.17) is 9.57 Å². The van der Waals surface area contributed by atoms with E-state index in [1.807, 2.05) is 22.6 Å². The lowest BCUT2D eigenvalue weighted by Crippen LogP contribution is -2.43. The van der Waals surface area contributed by atoms with Crippen LogP contribution in [0.15, 0.2) is 40.6 Å². The van der Waals surface area contributed by atoms with E-state index in [1.165, 1.54) is 32.5 Å². The number of anilines is 2. The van der Waals surface area contributed by atoms with Crippen molar-refractivity contribution in [2.45, 2.75) is 0 Å². The highest BCUT2D eigenvalue weighted by Crippen LogP contribution is 2.22. The fourth-order valence-electron chi connectivity index (χ4n) is 2.25. The zero-order valence-corrected chi connectivity index (χ0v) is 17.3. The molecule has 28 heavy (non-hydrogen) atoms. The van der Waals surface area contributed by atoms with Gasteiger partial charge in [-0.05, 0) is 40.8 Å². The molecule has 0 saturated heterocycles. The molecule has 9 nitrogen and oxygen atoms in total. The summed E-state index contributed by atoms with van der Waals surface area (Å²) >= 11 is 1.94. The first-order valence-corrected chi connectivity index (χ1v) is 9.02. The van der Waals surface area contributed by atoms with Gasteiger partial charge in [0.15, 0.2) is 0 Å². The van der Waals surface area contributed by atoms with Crippen LogP contribution in [0.2, 0.25) is 0 Å². The second-order valence-corrected chi connectivity index (χ2v) is 6.74. The first kappa shape index (κ1) is 21.6. The van der Waals surface area contributed by atoms with Crippen LogP contribution >= 0.6 is 22.6 Å². The fourth-order valence-corrected chi connectivity index (χ4v) is 2.71. The van der Waals surface area contributed by atoms with Crippen molar-refractivity contribution in [1.29, 1.82) is 0 Å². The predicted octanol–water partition coefficient (Wildman–Crippen LogP) is 1.39. The maximum absolute atomic E-state index is 14.2. The van der Waals surface area contributed by atoms with Crippen molar-refractivity contribution in [3.8, 4) is 0 Å². The number of benzene rings is 1. The number of aromatic nitrogens is 2. The summed E-state index contributed by atoms with van der Waals surface area (Å²) in [6.07, 6.45) is 1.21. The summed E-state index contributed by atoms with van der Waals surface area (Å²) in [4.78, 5) is 42.2. The van der Waals surface area contributed by atoms with Gasteiger partial charge in [-0.15, -0.1) is 0 Å². The summed E-state index contributed by atoms with van der Waals surface area (Å²) in [6.45, 7) is 3.49. The van der Waals surface area contributed by atoms with Gasteiger partial charge < -0.3 is 10.1 Å². The SMILES string of the molecule is C=COCCONC(=O)c1c(Nc2ccc(I)cc2F)n(C)c(=O)n(C)c1=O. The second-order valence-electron chi connectivity index (χ2n) is 5.50.